The van der Waals surface area contributed by atoms with Gasteiger partial charge in [0, 0.05) is 26.1 Å². The molecule has 2 unspecified atom stereocenters. The third-order valence-electron chi connectivity index (χ3n) is 7.03. The molecule has 3 amide bonds. The van der Waals surface area contributed by atoms with Gasteiger partial charge in [0.25, 0.3) is 11.8 Å². The lowest BCUT2D eigenvalue weighted by Gasteiger charge is -2.33. The predicted octanol–water partition coefficient (Wildman–Crippen LogP) is -1.75. The van der Waals surface area contributed by atoms with Crippen molar-refractivity contribution in [1.29, 1.82) is 0 Å². The fraction of sp³-hybridized carbons (Fsp3) is 0.583. The molecule has 2 aromatic heterocycles. The topological polar surface area (TPSA) is 207 Å². The maximum absolute atomic E-state index is 12.2. The first-order valence-electron chi connectivity index (χ1n) is 12.8. The molecule has 5 heterocycles. The summed E-state index contributed by atoms with van der Waals surface area (Å²) in [5.41, 5.74) is 6.59. The maximum Gasteiger partial charge on any atom is 0.410 e. The van der Waals surface area contributed by atoms with E-state index in [9.17, 15) is 24.6 Å². The zero-order valence-corrected chi connectivity index (χ0v) is 21.2. The number of nitrogens with zero attached hydrogens (tertiary/aromatic N) is 5. The normalized spacial score (nSPS) is 26.9. The molecule has 39 heavy (non-hydrogen) atoms. The fourth-order valence-electron chi connectivity index (χ4n) is 4.72. The van der Waals surface area contributed by atoms with Gasteiger partial charge in [0.1, 0.15) is 17.7 Å². The van der Waals surface area contributed by atoms with Crippen LogP contribution in [-0.4, -0.2) is 103 Å². The van der Waals surface area contributed by atoms with Crippen molar-refractivity contribution >= 4 is 34.9 Å². The second kappa shape index (κ2) is 11.0. The smallest absolute Gasteiger partial charge is 0.410 e. The van der Waals surface area contributed by atoms with Gasteiger partial charge < -0.3 is 41.0 Å². The van der Waals surface area contributed by atoms with Crippen LogP contribution >= 0.6 is 0 Å². The van der Waals surface area contributed by atoms with Crippen molar-refractivity contribution in [2.75, 3.05) is 31.9 Å². The van der Waals surface area contributed by atoms with E-state index in [4.69, 9.17) is 15.2 Å². The van der Waals surface area contributed by atoms with Crippen LogP contribution in [0.15, 0.2) is 6.33 Å². The first-order chi connectivity index (χ1) is 18.8. The lowest BCUT2D eigenvalue weighted by atomic mass is 9.94. The Hall–Kier alpha value is -4.00. The number of aliphatic hydroxyl groups excluding tert-OH is 2. The van der Waals surface area contributed by atoms with Crippen LogP contribution in [0.5, 0.6) is 0 Å². The number of aliphatic hydroxyl groups is 2. The van der Waals surface area contributed by atoms with Crippen LogP contribution in [0.2, 0.25) is 0 Å². The quantitative estimate of drug-likeness (QED) is 0.211. The summed E-state index contributed by atoms with van der Waals surface area (Å²) < 4.78 is 12.3. The molecule has 6 N–H and O–H groups in total. The van der Waals surface area contributed by atoms with Crippen LogP contribution in [0.4, 0.5) is 10.6 Å². The summed E-state index contributed by atoms with van der Waals surface area (Å²) in [5, 5.41) is 26.0. The summed E-state index contributed by atoms with van der Waals surface area (Å²) in [4.78, 5) is 50.2. The molecular formula is C24H30N8O7. The minimum atomic E-state index is -1.44. The zero-order chi connectivity index (χ0) is 27.7. The number of hydrogen-bond acceptors (Lipinski definition) is 11. The number of likely N-dealkylation sites (N-methyl/N-ethyl adjacent to an activating group) is 1. The van der Waals surface area contributed by atoms with Crippen molar-refractivity contribution in [3.05, 3.63) is 12.2 Å². The Morgan fingerprint density at radius 3 is 2.72 bits per heavy atom. The van der Waals surface area contributed by atoms with Gasteiger partial charge in [0.15, 0.2) is 29.9 Å². The first kappa shape index (κ1) is 26.6. The Morgan fingerprint density at radius 2 is 2.05 bits per heavy atom. The Bertz CT molecular complexity index is 1330. The number of fused-ring (bicyclic) bond motifs is 1. The van der Waals surface area contributed by atoms with Crippen LogP contribution in [-0.2, 0) is 19.1 Å². The summed E-state index contributed by atoms with van der Waals surface area (Å²) in [7, 11) is 0. The molecule has 0 spiro atoms. The predicted molar refractivity (Wildman–Crippen MR) is 133 cm³/mol. The minimum absolute atomic E-state index is 0.0864. The van der Waals surface area contributed by atoms with Crippen LogP contribution < -0.4 is 16.4 Å². The Labute approximate surface area is 223 Å². The highest BCUT2D eigenvalue weighted by atomic mass is 16.6. The van der Waals surface area contributed by atoms with Gasteiger partial charge in [-0.15, -0.1) is 0 Å². The molecule has 5 rings (SSSR count). The average molecular weight is 543 g/mol. The van der Waals surface area contributed by atoms with Crippen molar-refractivity contribution in [2.24, 2.45) is 5.92 Å². The lowest BCUT2D eigenvalue weighted by Crippen LogP contribution is -2.56. The standard InChI is InChI=1S/C24H30N8O7/c1-2-26-22(36)18-16(33)17(34)23(39-18)32-11-28-15-19(25)29-14(30-20(15)32)5-3-4-12-6-8-31(9-7-12)24(37)38-13-10-27-21(13)35/h11-13,16-18,23,33-34H,2,4,6-10H2,1H3,(H,26,36)(H,27,35)(H2,25,29,30)/t13?,16-,17?,18+,23-/m1/s1. The molecular weight excluding hydrogens is 512 g/mol. The number of β-lactam (4-membered cyclic amide) rings is 1. The number of aromatic nitrogens is 4. The monoisotopic (exact) mass is 542 g/mol. The van der Waals surface area contributed by atoms with Crippen molar-refractivity contribution in [1.82, 2.24) is 35.1 Å². The summed E-state index contributed by atoms with van der Waals surface area (Å²) in [6, 6.07) is 0. The summed E-state index contributed by atoms with van der Waals surface area (Å²) in [5.74, 6) is 5.68. The molecule has 0 radical (unpaired) electrons. The molecule has 3 fully saturated rings. The molecule has 0 saturated carbocycles. The molecule has 15 heteroatoms. The van der Waals surface area contributed by atoms with E-state index in [1.54, 1.807) is 11.8 Å². The van der Waals surface area contributed by atoms with Crippen LogP contribution in [0, 0.1) is 17.8 Å². The van der Waals surface area contributed by atoms with E-state index in [0.717, 1.165) is 12.8 Å². The number of anilines is 1. The third-order valence-corrected chi connectivity index (χ3v) is 7.03. The number of nitrogens with one attached hydrogen (secondary N) is 2. The highest BCUT2D eigenvalue weighted by Gasteiger charge is 2.47. The van der Waals surface area contributed by atoms with Gasteiger partial charge in [-0.3, -0.25) is 14.2 Å². The summed E-state index contributed by atoms with van der Waals surface area (Å²) >= 11 is 0. The van der Waals surface area contributed by atoms with Crippen molar-refractivity contribution in [3.8, 4) is 11.8 Å². The van der Waals surface area contributed by atoms with E-state index < -0.39 is 42.6 Å². The van der Waals surface area contributed by atoms with Crippen molar-refractivity contribution in [3.63, 3.8) is 0 Å². The number of hydrogen-bond donors (Lipinski definition) is 5. The van der Waals surface area contributed by atoms with Gasteiger partial charge in [-0.05, 0) is 31.6 Å². The minimum Gasteiger partial charge on any atom is -0.434 e. The summed E-state index contributed by atoms with van der Waals surface area (Å²) in [6.07, 6.45) is -3.02. The number of rotatable bonds is 5. The van der Waals surface area contributed by atoms with E-state index in [1.807, 2.05) is 0 Å². The number of amides is 3. The highest BCUT2D eigenvalue weighted by Crippen LogP contribution is 2.32. The van der Waals surface area contributed by atoms with Crippen LogP contribution in [0.25, 0.3) is 11.2 Å². The largest absolute Gasteiger partial charge is 0.434 e. The van der Waals surface area contributed by atoms with Crippen molar-refractivity contribution < 1.29 is 34.1 Å². The summed E-state index contributed by atoms with van der Waals surface area (Å²) in [6.45, 7) is 3.46. The Balaban J connectivity index is 1.22. The van der Waals surface area contributed by atoms with Gasteiger partial charge in [-0.2, -0.15) is 0 Å². The van der Waals surface area contributed by atoms with Gasteiger partial charge in [-0.25, -0.2) is 19.7 Å². The molecule has 2 aromatic rings. The maximum atomic E-state index is 12.2. The number of piperidine rings is 1. The molecule has 5 atom stereocenters. The SMILES string of the molecule is CCNC(=O)[C@H]1O[C@@H](n2cnc3c(N)nc(C#CCC4CCN(C(=O)OC5CNC5=O)CC4)nc32)C(O)[C@H]1O. The molecule has 3 saturated heterocycles. The first-order valence-corrected chi connectivity index (χ1v) is 12.8. The second-order valence-electron chi connectivity index (χ2n) is 9.63. The number of carbonyl (C=O) groups is 3. The average Bonchev–Trinajstić information content (AvgIpc) is 3.47. The van der Waals surface area contributed by atoms with Crippen molar-refractivity contribution in [2.45, 2.75) is 56.8 Å². The van der Waals surface area contributed by atoms with Gasteiger partial charge >= 0.3 is 6.09 Å². The molecule has 3 aliphatic heterocycles. The van der Waals surface area contributed by atoms with E-state index in [0.29, 0.717) is 32.6 Å². The molecule has 0 aliphatic carbocycles. The Kier molecular flexibility index (Phi) is 7.51. The molecule has 0 bridgehead atoms. The number of nitrogens with two attached hydrogens (primary N) is 1. The van der Waals surface area contributed by atoms with E-state index in [1.165, 1.54) is 10.9 Å². The number of ether oxygens (including phenoxy) is 2. The molecule has 0 aromatic carbocycles. The van der Waals surface area contributed by atoms with Gasteiger partial charge in [0.05, 0.1) is 12.9 Å². The number of nitrogen functional groups attached to an aromatic ring is 1. The van der Waals surface area contributed by atoms with Gasteiger partial charge in [-0.1, -0.05) is 5.92 Å². The Morgan fingerprint density at radius 1 is 1.28 bits per heavy atom. The number of carbonyl (C=O) groups excluding carboxylic acids is 3. The molecule has 3 aliphatic rings. The van der Waals surface area contributed by atoms with Crippen LogP contribution in [0.3, 0.4) is 0 Å². The zero-order valence-electron chi connectivity index (χ0n) is 21.2. The molecule has 15 nitrogen and oxygen atoms in total. The fourth-order valence-corrected chi connectivity index (χ4v) is 4.72. The lowest BCUT2D eigenvalue weighted by molar-refractivity contribution is -0.138. The molecule has 208 valence electrons. The van der Waals surface area contributed by atoms with Crippen LogP contribution in [0.1, 0.15) is 38.2 Å². The second-order valence-corrected chi connectivity index (χ2v) is 9.63. The van der Waals surface area contributed by atoms with E-state index in [-0.39, 0.29) is 34.6 Å². The third kappa shape index (κ3) is 5.31. The van der Waals surface area contributed by atoms with Gasteiger partial charge in [0.2, 0.25) is 5.82 Å². The highest BCUT2D eigenvalue weighted by molar-refractivity contribution is 5.88. The van der Waals surface area contributed by atoms with E-state index in [2.05, 4.69) is 37.4 Å². The van der Waals surface area contributed by atoms with E-state index >= 15 is 0 Å². The number of likely N-dealkylation sites (tertiary alicyclic amines) is 1. The number of imidazole rings is 1.